The maximum atomic E-state index is 13.0. The molecule has 0 spiro atoms. The Bertz CT molecular complexity index is 760. The first-order valence-electron chi connectivity index (χ1n) is 7.28. The van der Waals surface area contributed by atoms with Gasteiger partial charge >= 0.3 is 0 Å². The van der Waals surface area contributed by atoms with Crippen molar-refractivity contribution in [2.24, 2.45) is 5.92 Å². The number of hydrogen-bond donors (Lipinski definition) is 2. The number of anilines is 1. The number of nitrogen functional groups attached to an aromatic ring is 1. The Morgan fingerprint density at radius 3 is 2.71 bits per heavy atom. The molecule has 0 atom stereocenters. The highest BCUT2D eigenvalue weighted by atomic mass is 32.2. The average Bonchev–Trinajstić information content (AvgIpc) is 3.13. The van der Waals surface area contributed by atoms with Crippen LogP contribution in [0.15, 0.2) is 29.3 Å². The van der Waals surface area contributed by atoms with E-state index in [9.17, 15) is 8.42 Å². The van der Waals surface area contributed by atoms with Gasteiger partial charge in [0.25, 0.3) is 0 Å². The molecule has 6 heteroatoms. The van der Waals surface area contributed by atoms with Crippen LogP contribution in [0.25, 0.3) is 10.9 Å². The van der Waals surface area contributed by atoms with Gasteiger partial charge in [0.05, 0.1) is 0 Å². The van der Waals surface area contributed by atoms with Gasteiger partial charge in [-0.1, -0.05) is 0 Å². The Labute approximate surface area is 125 Å². The van der Waals surface area contributed by atoms with E-state index in [1.54, 1.807) is 28.7 Å². The van der Waals surface area contributed by atoms with Crippen molar-refractivity contribution < 1.29 is 8.42 Å². The van der Waals surface area contributed by atoms with E-state index in [4.69, 9.17) is 5.73 Å². The van der Waals surface area contributed by atoms with Gasteiger partial charge in [-0.2, -0.15) is 4.31 Å². The van der Waals surface area contributed by atoms with Crippen LogP contribution in [0.1, 0.15) is 26.7 Å². The van der Waals surface area contributed by atoms with Gasteiger partial charge in [0.2, 0.25) is 10.0 Å². The van der Waals surface area contributed by atoms with Gasteiger partial charge in [-0.3, -0.25) is 0 Å². The molecule has 1 aromatic carbocycles. The van der Waals surface area contributed by atoms with Gasteiger partial charge in [-0.25, -0.2) is 8.42 Å². The van der Waals surface area contributed by atoms with Crippen molar-refractivity contribution in [1.82, 2.24) is 9.29 Å². The molecule has 114 valence electrons. The molecule has 1 aromatic heterocycles. The summed E-state index contributed by atoms with van der Waals surface area (Å²) in [4.78, 5) is 3.35. The van der Waals surface area contributed by atoms with Crippen molar-refractivity contribution in [3.8, 4) is 0 Å². The Morgan fingerprint density at radius 1 is 1.38 bits per heavy atom. The second-order valence-electron chi connectivity index (χ2n) is 6.07. The minimum Gasteiger partial charge on any atom is -0.399 e. The number of rotatable bonds is 5. The Balaban J connectivity index is 2.05. The van der Waals surface area contributed by atoms with Crippen LogP contribution in [-0.4, -0.2) is 30.3 Å². The van der Waals surface area contributed by atoms with Crippen LogP contribution in [0.5, 0.6) is 0 Å². The van der Waals surface area contributed by atoms with Crippen molar-refractivity contribution in [2.75, 3.05) is 12.3 Å². The van der Waals surface area contributed by atoms with E-state index >= 15 is 0 Å². The summed E-state index contributed by atoms with van der Waals surface area (Å²) in [5, 5.41) is 0.700. The average molecular weight is 307 g/mol. The lowest BCUT2D eigenvalue weighted by Gasteiger charge is -2.25. The second-order valence-corrected chi connectivity index (χ2v) is 7.93. The molecular formula is C15H21N3O2S. The molecule has 1 saturated carbocycles. The SMILES string of the molecule is CC(C)N(CC1CC1)S(=O)(=O)c1c[nH]c2cc(N)ccc12. The summed E-state index contributed by atoms with van der Waals surface area (Å²) in [5.74, 6) is 0.517. The number of nitrogens with two attached hydrogens (primary N) is 1. The smallest absolute Gasteiger partial charge is 0.245 e. The number of benzene rings is 1. The number of hydrogen-bond acceptors (Lipinski definition) is 3. The van der Waals surface area contributed by atoms with Gasteiger partial charge in [0.15, 0.2) is 0 Å². The molecule has 0 radical (unpaired) electrons. The number of sulfonamides is 1. The molecule has 0 saturated heterocycles. The van der Waals surface area contributed by atoms with Crippen LogP contribution < -0.4 is 5.73 Å². The fourth-order valence-electron chi connectivity index (χ4n) is 2.60. The molecule has 1 aliphatic carbocycles. The van der Waals surface area contributed by atoms with E-state index in [1.165, 1.54) is 0 Å². The van der Waals surface area contributed by atoms with E-state index in [0.29, 0.717) is 28.4 Å². The number of nitrogens with one attached hydrogen (secondary N) is 1. The maximum Gasteiger partial charge on any atom is 0.245 e. The van der Waals surface area contributed by atoms with Crippen LogP contribution in [-0.2, 0) is 10.0 Å². The lowest BCUT2D eigenvalue weighted by Crippen LogP contribution is -2.38. The van der Waals surface area contributed by atoms with Crippen LogP contribution >= 0.6 is 0 Å². The maximum absolute atomic E-state index is 13.0. The molecule has 0 aliphatic heterocycles. The standard InChI is InChI=1S/C15H21N3O2S/c1-10(2)18(9-11-3-4-11)21(19,20)15-8-17-14-7-12(16)5-6-13(14)15/h5-8,10-11,17H,3-4,9,16H2,1-2H3. The molecule has 0 amide bonds. The second kappa shape index (κ2) is 5.03. The highest BCUT2D eigenvalue weighted by molar-refractivity contribution is 7.89. The van der Waals surface area contributed by atoms with Crippen molar-refractivity contribution >= 4 is 26.6 Å². The Hall–Kier alpha value is -1.53. The molecule has 2 aromatic rings. The van der Waals surface area contributed by atoms with Crippen LogP contribution in [0.2, 0.25) is 0 Å². The zero-order chi connectivity index (χ0) is 15.2. The monoisotopic (exact) mass is 307 g/mol. The molecule has 0 unspecified atom stereocenters. The first-order valence-corrected chi connectivity index (χ1v) is 8.72. The third kappa shape index (κ3) is 2.65. The molecule has 5 nitrogen and oxygen atoms in total. The van der Waals surface area contributed by atoms with Crippen molar-refractivity contribution in [3.05, 3.63) is 24.4 Å². The molecule has 3 rings (SSSR count). The van der Waals surface area contributed by atoms with E-state index < -0.39 is 10.0 Å². The lowest BCUT2D eigenvalue weighted by atomic mass is 10.2. The summed E-state index contributed by atoms with van der Waals surface area (Å²) in [6, 6.07) is 5.21. The summed E-state index contributed by atoms with van der Waals surface area (Å²) in [5.41, 5.74) is 7.12. The van der Waals surface area contributed by atoms with Gasteiger partial charge in [0.1, 0.15) is 4.90 Å². The Morgan fingerprint density at radius 2 is 2.10 bits per heavy atom. The predicted molar refractivity (Wildman–Crippen MR) is 84.5 cm³/mol. The van der Waals surface area contributed by atoms with Crippen molar-refractivity contribution in [3.63, 3.8) is 0 Å². The lowest BCUT2D eigenvalue weighted by molar-refractivity contribution is 0.342. The van der Waals surface area contributed by atoms with Crippen LogP contribution in [0.3, 0.4) is 0 Å². The van der Waals surface area contributed by atoms with Gasteiger partial charge in [-0.15, -0.1) is 0 Å². The largest absolute Gasteiger partial charge is 0.399 e. The minimum atomic E-state index is -3.49. The molecule has 1 heterocycles. The Kier molecular flexibility index (Phi) is 3.45. The first-order chi connectivity index (χ1) is 9.89. The number of aromatic amines is 1. The van der Waals surface area contributed by atoms with E-state index in [0.717, 1.165) is 18.4 Å². The summed E-state index contributed by atoms with van der Waals surface area (Å²) in [6.07, 6.45) is 3.83. The summed E-state index contributed by atoms with van der Waals surface area (Å²) < 4.78 is 27.6. The van der Waals surface area contributed by atoms with Gasteiger partial charge in [-0.05, 0) is 50.8 Å². The number of nitrogens with zero attached hydrogens (tertiary/aromatic N) is 1. The van der Waals surface area contributed by atoms with E-state index in [1.807, 2.05) is 13.8 Å². The minimum absolute atomic E-state index is 0.0469. The molecular weight excluding hydrogens is 286 g/mol. The third-order valence-corrected chi connectivity index (χ3v) is 6.05. The number of H-pyrrole nitrogens is 1. The molecule has 1 aliphatic rings. The molecule has 0 bridgehead atoms. The highest BCUT2D eigenvalue weighted by Crippen LogP contribution is 2.34. The normalized spacial score (nSPS) is 16.2. The van der Waals surface area contributed by atoms with E-state index in [-0.39, 0.29) is 6.04 Å². The van der Waals surface area contributed by atoms with Crippen LogP contribution in [0.4, 0.5) is 5.69 Å². The van der Waals surface area contributed by atoms with Crippen molar-refractivity contribution in [2.45, 2.75) is 37.6 Å². The first kappa shape index (κ1) is 14.4. The van der Waals surface area contributed by atoms with Gasteiger partial charge < -0.3 is 10.7 Å². The fraction of sp³-hybridized carbons (Fsp3) is 0.467. The highest BCUT2D eigenvalue weighted by Gasteiger charge is 2.34. The molecule has 1 fully saturated rings. The summed E-state index contributed by atoms with van der Waals surface area (Å²) >= 11 is 0. The third-order valence-electron chi connectivity index (χ3n) is 3.97. The summed E-state index contributed by atoms with van der Waals surface area (Å²) in [6.45, 7) is 4.46. The quantitative estimate of drug-likeness (QED) is 0.833. The van der Waals surface area contributed by atoms with Crippen LogP contribution in [0, 0.1) is 5.92 Å². The zero-order valence-corrected chi connectivity index (χ0v) is 13.2. The number of aromatic nitrogens is 1. The van der Waals surface area contributed by atoms with Crippen molar-refractivity contribution in [1.29, 1.82) is 0 Å². The molecule has 3 N–H and O–H groups in total. The number of fused-ring (bicyclic) bond motifs is 1. The zero-order valence-electron chi connectivity index (χ0n) is 12.3. The van der Waals surface area contributed by atoms with Gasteiger partial charge in [0, 0.05) is 35.4 Å². The summed E-state index contributed by atoms with van der Waals surface area (Å²) in [7, 11) is -3.49. The topological polar surface area (TPSA) is 79.2 Å². The van der Waals surface area contributed by atoms with E-state index in [2.05, 4.69) is 4.98 Å². The fourth-order valence-corrected chi connectivity index (χ4v) is 4.48. The predicted octanol–water partition coefficient (Wildman–Crippen LogP) is 2.56. The molecule has 21 heavy (non-hydrogen) atoms.